The molecule has 2 N–H and O–H groups in total. The quantitative estimate of drug-likeness (QED) is 0.681. The number of aryl methyl sites for hydroxylation is 1. The summed E-state index contributed by atoms with van der Waals surface area (Å²) in [5.74, 6) is 0.495. The van der Waals surface area contributed by atoms with E-state index in [1.807, 2.05) is 6.92 Å². The third-order valence-electron chi connectivity index (χ3n) is 2.03. The highest BCUT2D eigenvalue weighted by atomic mass is 16.5. The zero-order valence-corrected chi connectivity index (χ0v) is 7.33. The van der Waals surface area contributed by atoms with Crippen LogP contribution in [0.25, 0.3) is 0 Å². The number of anilines is 1. The first-order valence-electron chi connectivity index (χ1n) is 4.20. The Morgan fingerprint density at radius 3 is 3.00 bits per heavy atom. The summed E-state index contributed by atoms with van der Waals surface area (Å²) in [7, 11) is 0. The number of nitrogens with one attached hydrogen (secondary N) is 2. The summed E-state index contributed by atoms with van der Waals surface area (Å²) in [4.78, 5) is 11.4. The van der Waals surface area contributed by atoms with Crippen LogP contribution in [-0.4, -0.2) is 24.2 Å². The number of amides is 1. The van der Waals surface area contributed by atoms with Gasteiger partial charge >= 0.3 is 0 Å². The van der Waals surface area contributed by atoms with Crippen molar-refractivity contribution in [2.24, 2.45) is 5.92 Å². The molecule has 0 radical (unpaired) electrons. The Balaban J connectivity index is 1.93. The zero-order valence-electron chi connectivity index (χ0n) is 7.33. The van der Waals surface area contributed by atoms with E-state index in [0.29, 0.717) is 5.88 Å². The van der Waals surface area contributed by atoms with E-state index in [1.165, 1.54) is 0 Å². The Labute approximate surface area is 75.5 Å². The van der Waals surface area contributed by atoms with Crippen LogP contribution in [0.5, 0.6) is 0 Å². The number of carbonyl (C=O) groups is 1. The van der Waals surface area contributed by atoms with Gasteiger partial charge in [-0.1, -0.05) is 5.16 Å². The average molecular weight is 181 g/mol. The summed E-state index contributed by atoms with van der Waals surface area (Å²) < 4.78 is 4.85. The average Bonchev–Trinajstić information content (AvgIpc) is 2.31. The Kier molecular flexibility index (Phi) is 2.02. The fourth-order valence-corrected chi connectivity index (χ4v) is 1.12. The Morgan fingerprint density at radius 1 is 1.77 bits per heavy atom. The van der Waals surface area contributed by atoms with Crippen LogP contribution < -0.4 is 10.6 Å². The molecule has 0 atom stereocenters. The van der Waals surface area contributed by atoms with Crippen molar-refractivity contribution < 1.29 is 9.32 Å². The summed E-state index contributed by atoms with van der Waals surface area (Å²) in [5.41, 5.74) is 0.766. The minimum absolute atomic E-state index is 0.00472. The van der Waals surface area contributed by atoms with Gasteiger partial charge in [-0.2, -0.15) is 0 Å². The molecule has 5 heteroatoms. The van der Waals surface area contributed by atoms with Crippen LogP contribution >= 0.6 is 0 Å². The molecule has 13 heavy (non-hydrogen) atoms. The first-order chi connectivity index (χ1) is 6.25. The van der Waals surface area contributed by atoms with Crippen LogP contribution in [0, 0.1) is 12.8 Å². The van der Waals surface area contributed by atoms with Gasteiger partial charge in [-0.15, -0.1) is 0 Å². The molecule has 1 fully saturated rings. The van der Waals surface area contributed by atoms with Crippen molar-refractivity contribution >= 4 is 11.8 Å². The first kappa shape index (κ1) is 8.25. The van der Waals surface area contributed by atoms with Gasteiger partial charge in [-0.25, -0.2) is 0 Å². The van der Waals surface area contributed by atoms with Gasteiger partial charge in [0.05, 0.1) is 11.6 Å². The lowest BCUT2D eigenvalue weighted by Gasteiger charge is -2.24. The van der Waals surface area contributed by atoms with Gasteiger partial charge in [0.1, 0.15) is 0 Å². The lowest BCUT2D eigenvalue weighted by Crippen LogP contribution is -2.48. The molecule has 0 bridgehead atoms. The van der Waals surface area contributed by atoms with Crippen molar-refractivity contribution in [2.75, 3.05) is 18.4 Å². The molecule has 1 amide bonds. The first-order valence-corrected chi connectivity index (χ1v) is 4.20. The second-order valence-corrected chi connectivity index (χ2v) is 3.18. The number of aromatic nitrogens is 1. The molecule has 1 aliphatic heterocycles. The van der Waals surface area contributed by atoms with E-state index < -0.39 is 0 Å². The van der Waals surface area contributed by atoms with Crippen molar-refractivity contribution in [3.8, 4) is 0 Å². The number of nitrogens with zero attached hydrogens (tertiary/aromatic N) is 1. The largest absolute Gasteiger partial charge is 0.338 e. The molecule has 0 unspecified atom stereocenters. The van der Waals surface area contributed by atoms with Gasteiger partial charge in [0.2, 0.25) is 11.8 Å². The highest BCUT2D eigenvalue weighted by molar-refractivity contribution is 5.92. The van der Waals surface area contributed by atoms with Crippen molar-refractivity contribution in [1.29, 1.82) is 0 Å². The minimum atomic E-state index is -0.00472. The van der Waals surface area contributed by atoms with Gasteiger partial charge in [0.25, 0.3) is 0 Å². The maximum absolute atomic E-state index is 11.4. The van der Waals surface area contributed by atoms with Gasteiger partial charge in [-0.05, 0) is 6.92 Å². The van der Waals surface area contributed by atoms with E-state index in [0.717, 1.165) is 18.8 Å². The predicted molar refractivity (Wildman–Crippen MR) is 46.2 cm³/mol. The maximum Gasteiger partial charge on any atom is 0.232 e. The molecule has 5 nitrogen and oxygen atoms in total. The third kappa shape index (κ3) is 1.70. The second-order valence-electron chi connectivity index (χ2n) is 3.18. The van der Waals surface area contributed by atoms with Crippen molar-refractivity contribution in [1.82, 2.24) is 10.5 Å². The van der Waals surface area contributed by atoms with Crippen LogP contribution in [-0.2, 0) is 4.79 Å². The molecule has 0 aliphatic carbocycles. The molecule has 1 saturated heterocycles. The van der Waals surface area contributed by atoms with Crippen molar-refractivity contribution in [2.45, 2.75) is 6.92 Å². The second kappa shape index (κ2) is 3.18. The van der Waals surface area contributed by atoms with Crippen LogP contribution in [0.1, 0.15) is 5.69 Å². The zero-order chi connectivity index (χ0) is 9.26. The van der Waals surface area contributed by atoms with Crippen molar-refractivity contribution in [3.05, 3.63) is 11.8 Å². The Morgan fingerprint density at radius 2 is 2.54 bits per heavy atom. The van der Waals surface area contributed by atoms with Gasteiger partial charge in [-0.3, -0.25) is 10.1 Å². The number of hydrogen-bond donors (Lipinski definition) is 2. The number of carbonyl (C=O) groups excluding carboxylic acids is 1. The van der Waals surface area contributed by atoms with Crippen molar-refractivity contribution in [3.63, 3.8) is 0 Å². The standard InChI is InChI=1S/C8H11N3O2/c1-5-2-7(13-11-5)10-8(12)6-3-9-4-6/h2,6,9H,3-4H2,1H3,(H,10,12). The Bertz CT molecular complexity index is 317. The van der Waals surface area contributed by atoms with Crippen LogP contribution in [0.4, 0.5) is 5.88 Å². The third-order valence-corrected chi connectivity index (χ3v) is 2.03. The molecule has 70 valence electrons. The monoisotopic (exact) mass is 181 g/mol. The molecule has 0 saturated carbocycles. The summed E-state index contributed by atoms with van der Waals surface area (Å²) in [6.07, 6.45) is 0. The fourth-order valence-electron chi connectivity index (χ4n) is 1.12. The van der Waals surface area contributed by atoms with Gasteiger partial charge in [0, 0.05) is 19.2 Å². The topological polar surface area (TPSA) is 67.2 Å². The molecular weight excluding hydrogens is 170 g/mol. The molecule has 1 aliphatic rings. The lowest BCUT2D eigenvalue weighted by atomic mass is 10.0. The number of hydrogen-bond acceptors (Lipinski definition) is 4. The highest BCUT2D eigenvalue weighted by Gasteiger charge is 2.25. The van der Waals surface area contributed by atoms with E-state index in [1.54, 1.807) is 6.07 Å². The molecule has 1 aromatic rings. The summed E-state index contributed by atoms with van der Waals surface area (Å²) in [5, 5.41) is 9.35. The van der Waals surface area contributed by atoms with Crippen LogP contribution in [0.3, 0.4) is 0 Å². The highest BCUT2D eigenvalue weighted by Crippen LogP contribution is 2.11. The number of rotatable bonds is 2. The van der Waals surface area contributed by atoms with Crippen LogP contribution in [0.2, 0.25) is 0 Å². The molecular formula is C8H11N3O2. The molecule has 2 heterocycles. The fraction of sp³-hybridized carbons (Fsp3) is 0.500. The molecule has 1 aromatic heterocycles. The molecule has 2 rings (SSSR count). The maximum atomic E-state index is 11.4. The molecule has 0 aromatic carbocycles. The summed E-state index contributed by atoms with van der Waals surface area (Å²) in [6.45, 7) is 3.31. The van der Waals surface area contributed by atoms with E-state index >= 15 is 0 Å². The van der Waals surface area contributed by atoms with Gasteiger partial charge in [0.15, 0.2) is 0 Å². The van der Waals surface area contributed by atoms with Crippen LogP contribution in [0.15, 0.2) is 10.6 Å². The smallest absolute Gasteiger partial charge is 0.232 e. The van der Waals surface area contributed by atoms with E-state index in [2.05, 4.69) is 15.8 Å². The SMILES string of the molecule is Cc1cc(NC(=O)C2CNC2)on1. The Hall–Kier alpha value is -1.36. The normalized spacial score (nSPS) is 16.7. The van der Waals surface area contributed by atoms with Gasteiger partial charge < -0.3 is 9.84 Å². The summed E-state index contributed by atoms with van der Waals surface area (Å²) >= 11 is 0. The van der Waals surface area contributed by atoms with E-state index in [4.69, 9.17) is 4.52 Å². The predicted octanol–water partition coefficient (Wildman–Crippen LogP) is 0.141. The van der Waals surface area contributed by atoms with E-state index in [9.17, 15) is 4.79 Å². The minimum Gasteiger partial charge on any atom is -0.338 e. The lowest BCUT2D eigenvalue weighted by molar-refractivity contribution is -0.121. The van der Waals surface area contributed by atoms with E-state index in [-0.39, 0.29) is 11.8 Å². The summed E-state index contributed by atoms with van der Waals surface area (Å²) in [6, 6.07) is 1.70. The molecule has 0 spiro atoms.